The standard InChI is InChI=1S/C17H17NO4/c1-3-20-13-7-4-6-12-10-15(22-16(12)13)11(2)18-17(19)14-8-5-9-21-14/h4-11H,3H2,1-2H3,(H,18,19)/t11-/m1/s1. The van der Waals surface area contributed by atoms with Crippen molar-refractivity contribution in [3.8, 4) is 5.75 Å². The molecule has 2 heterocycles. The number of benzene rings is 1. The first-order chi connectivity index (χ1) is 10.7. The average molecular weight is 299 g/mol. The number of carbonyl (C=O) groups excluding carboxylic acids is 1. The van der Waals surface area contributed by atoms with Crippen LogP contribution >= 0.6 is 0 Å². The van der Waals surface area contributed by atoms with Crippen molar-refractivity contribution in [3.63, 3.8) is 0 Å². The van der Waals surface area contributed by atoms with Crippen LogP contribution in [0.3, 0.4) is 0 Å². The Morgan fingerprint density at radius 1 is 1.32 bits per heavy atom. The predicted octanol–water partition coefficient (Wildman–Crippen LogP) is 3.92. The molecule has 0 aliphatic carbocycles. The average Bonchev–Trinajstić information content (AvgIpc) is 3.17. The first-order valence-corrected chi connectivity index (χ1v) is 7.18. The van der Waals surface area contributed by atoms with Gasteiger partial charge in [0.25, 0.3) is 5.91 Å². The number of para-hydroxylation sites is 1. The van der Waals surface area contributed by atoms with Crippen LogP contribution in [-0.2, 0) is 0 Å². The fraction of sp³-hybridized carbons (Fsp3) is 0.235. The van der Waals surface area contributed by atoms with Crippen molar-refractivity contribution in [2.75, 3.05) is 6.61 Å². The largest absolute Gasteiger partial charge is 0.490 e. The zero-order valence-electron chi connectivity index (χ0n) is 12.5. The molecule has 3 aromatic rings. The molecule has 0 aliphatic heterocycles. The predicted molar refractivity (Wildman–Crippen MR) is 82.0 cm³/mol. The Bertz CT molecular complexity index is 773. The Labute approximate surface area is 127 Å². The summed E-state index contributed by atoms with van der Waals surface area (Å²) in [7, 11) is 0. The lowest BCUT2D eigenvalue weighted by Crippen LogP contribution is -2.25. The molecule has 5 heteroatoms. The quantitative estimate of drug-likeness (QED) is 0.775. The smallest absolute Gasteiger partial charge is 0.287 e. The summed E-state index contributed by atoms with van der Waals surface area (Å²) in [6, 6.07) is 10.7. The molecule has 0 saturated heterocycles. The second-order valence-corrected chi connectivity index (χ2v) is 4.93. The summed E-state index contributed by atoms with van der Waals surface area (Å²) >= 11 is 0. The summed E-state index contributed by atoms with van der Waals surface area (Å²) in [6.45, 7) is 4.35. The van der Waals surface area contributed by atoms with Gasteiger partial charge in [-0.25, -0.2) is 0 Å². The van der Waals surface area contributed by atoms with Gasteiger partial charge in [0.15, 0.2) is 17.1 Å². The molecule has 22 heavy (non-hydrogen) atoms. The van der Waals surface area contributed by atoms with Crippen LogP contribution < -0.4 is 10.1 Å². The number of amides is 1. The molecule has 0 spiro atoms. The third-order valence-electron chi connectivity index (χ3n) is 3.35. The minimum absolute atomic E-state index is 0.275. The molecule has 2 aromatic heterocycles. The summed E-state index contributed by atoms with van der Waals surface area (Å²) in [5.41, 5.74) is 0.693. The van der Waals surface area contributed by atoms with Crippen molar-refractivity contribution in [3.05, 3.63) is 54.2 Å². The van der Waals surface area contributed by atoms with Gasteiger partial charge in [-0.2, -0.15) is 0 Å². The van der Waals surface area contributed by atoms with E-state index >= 15 is 0 Å². The zero-order chi connectivity index (χ0) is 15.5. The van der Waals surface area contributed by atoms with E-state index in [4.69, 9.17) is 13.6 Å². The van der Waals surface area contributed by atoms with Crippen molar-refractivity contribution in [2.45, 2.75) is 19.9 Å². The summed E-state index contributed by atoms with van der Waals surface area (Å²) in [5.74, 6) is 1.37. The van der Waals surface area contributed by atoms with E-state index in [0.29, 0.717) is 23.7 Å². The first-order valence-electron chi connectivity index (χ1n) is 7.18. The van der Waals surface area contributed by atoms with Crippen LogP contribution in [0.15, 0.2) is 51.5 Å². The van der Waals surface area contributed by atoms with Gasteiger partial charge in [-0.1, -0.05) is 12.1 Å². The molecule has 0 unspecified atom stereocenters. The Morgan fingerprint density at radius 3 is 2.91 bits per heavy atom. The third-order valence-corrected chi connectivity index (χ3v) is 3.35. The molecule has 0 saturated carbocycles. The summed E-state index contributed by atoms with van der Waals surface area (Å²) in [4.78, 5) is 12.0. The second kappa shape index (κ2) is 5.97. The van der Waals surface area contributed by atoms with Crippen LogP contribution in [0.4, 0.5) is 0 Å². The number of hydrogen-bond donors (Lipinski definition) is 1. The lowest BCUT2D eigenvalue weighted by Gasteiger charge is -2.09. The van der Waals surface area contributed by atoms with Crippen LogP contribution in [0.5, 0.6) is 5.75 Å². The maximum absolute atomic E-state index is 12.0. The molecule has 1 amide bonds. The van der Waals surface area contributed by atoms with Gasteiger partial charge in [0.05, 0.1) is 18.9 Å². The summed E-state index contributed by atoms with van der Waals surface area (Å²) < 4.78 is 16.5. The van der Waals surface area contributed by atoms with Gasteiger partial charge in [0.1, 0.15) is 5.76 Å². The Balaban J connectivity index is 1.83. The number of furan rings is 2. The van der Waals surface area contributed by atoms with Crippen molar-refractivity contribution < 1.29 is 18.4 Å². The number of nitrogens with one attached hydrogen (secondary N) is 1. The normalized spacial score (nSPS) is 12.3. The molecule has 0 fully saturated rings. The van der Waals surface area contributed by atoms with Gasteiger partial charge in [0, 0.05) is 5.39 Å². The van der Waals surface area contributed by atoms with E-state index in [2.05, 4.69) is 5.32 Å². The highest BCUT2D eigenvalue weighted by atomic mass is 16.5. The molecular weight excluding hydrogens is 282 g/mol. The molecule has 1 N–H and O–H groups in total. The molecule has 1 atom stereocenters. The van der Waals surface area contributed by atoms with E-state index in [1.54, 1.807) is 12.1 Å². The van der Waals surface area contributed by atoms with Gasteiger partial charge in [-0.3, -0.25) is 4.79 Å². The van der Waals surface area contributed by atoms with Gasteiger partial charge in [-0.15, -0.1) is 0 Å². The fourth-order valence-electron chi connectivity index (χ4n) is 2.29. The number of rotatable bonds is 5. The van der Waals surface area contributed by atoms with Crippen molar-refractivity contribution in [1.29, 1.82) is 0 Å². The van der Waals surface area contributed by atoms with E-state index < -0.39 is 0 Å². The molecule has 0 aliphatic rings. The molecule has 114 valence electrons. The molecule has 0 bridgehead atoms. The molecule has 3 rings (SSSR count). The third kappa shape index (κ3) is 2.70. The maximum atomic E-state index is 12.0. The highest BCUT2D eigenvalue weighted by Gasteiger charge is 2.18. The fourth-order valence-corrected chi connectivity index (χ4v) is 2.29. The van der Waals surface area contributed by atoms with Crippen LogP contribution in [0.1, 0.15) is 36.2 Å². The summed E-state index contributed by atoms with van der Waals surface area (Å²) in [5, 5.41) is 3.79. The molecule has 5 nitrogen and oxygen atoms in total. The zero-order valence-corrected chi connectivity index (χ0v) is 12.5. The van der Waals surface area contributed by atoms with Crippen molar-refractivity contribution >= 4 is 16.9 Å². The van der Waals surface area contributed by atoms with Gasteiger partial charge in [0.2, 0.25) is 0 Å². The lowest BCUT2D eigenvalue weighted by molar-refractivity contribution is 0.0907. The van der Waals surface area contributed by atoms with Crippen molar-refractivity contribution in [1.82, 2.24) is 5.32 Å². The van der Waals surface area contributed by atoms with Crippen LogP contribution in [0, 0.1) is 0 Å². The van der Waals surface area contributed by atoms with E-state index in [9.17, 15) is 4.79 Å². The topological polar surface area (TPSA) is 64.6 Å². The van der Waals surface area contributed by atoms with E-state index in [1.807, 2.05) is 38.1 Å². The first kappa shape index (κ1) is 14.3. The Kier molecular flexibility index (Phi) is 3.87. The molecule has 1 aromatic carbocycles. The van der Waals surface area contributed by atoms with Crippen molar-refractivity contribution in [2.24, 2.45) is 0 Å². The number of ether oxygens (including phenoxy) is 1. The number of hydrogen-bond acceptors (Lipinski definition) is 4. The number of fused-ring (bicyclic) bond motifs is 1. The SMILES string of the molecule is CCOc1cccc2cc([C@@H](C)NC(=O)c3ccco3)oc12. The molecule has 0 radical (unpaired) electrons. The van der Waals surface area contributed by atoms with Crippen LogP contribution in [0.2, 0.25) is 0 Å². The van der Waals surface area contributed by atoms with Gasteiger partial charge < -0.3 is 18.9 Å². The Hall–Kier alpha value is -2.69. The van der Waals surface area contributed by atoms with E-state index in [-0.39, 0.29) is 17.7 Å². The van der Waals surface area contributed by atoms with E-state index in [0.717, 1.165) is 5.39 Å². The van der Waals surface area contributed by atoms with Gasteiger partial charge >= 0.3 is 0 Å². The van der Waals surface area contributed by atoms with E-state index in [1.165, 1.54) is 6.26 Å². The monoisotopic (exact) mass is 299 g/mol. The minimum Gasteiger partial charge on any atom is -0.490 e. The Morgan fingerprint density at radius 2 is 2.18 bits per heavy atom. The number of carbonyl (C=O) groups is 1. The minimum atomic E-state index is -0.278. The maximum Gasteiger partial charge on any atom is 0.287 e. The molecular formula is C17H17NO4. The highest BCUT2D eigenvalue weighted by Crippen LogP contribution is 2.31. The van der Waals surface area contributed by atoms with Crippen LogP contribution in [0.25, 0.3) is 11.0 Å². The second-order valence-electron chi connectivity index (χ2n) is 4.93. The van der Waals surface area contributed by atoms with Gasteiger partial charge in [-0.05, 0) is 38.1 Å². The summed E-state index contributed by atoms with van der Waals surface area (Å²) in [6.07, 6.45) is 1.47. The lowest BCUT2D eigenvalue weighted by atomic mass is 10.2. The highest BCUT2D eigenvalue weighted by molar-refractivity contribution is 5.91. The van der Waals surface area contributed by atoms with Crippen LogP contribution in [-0.4, -0.2) is 12.5 Å².